The maximum absolute atomic E-state index is 13.8. The molecule has 0 saturated carbocycles. The van der Waals surface area contributed by atoms with Crippen LogP contribution in [-0.4, -0.2) is 16.8 Å². The Morgan fingerprint density at radius 3 is 2.74 bits per heavy atom. The number of hydrogen-bond donors (Lipinski definition) is 2. The van der Waals surface area contributed by atoms with E-state index in [4.69, 9.17) is 0 Å². The molecular weight excluding hydrogens is 327 g/mol. The summed E-state index contributed by atoms with van der Waals surface area (Å²) in [6.45, 7) is 0. The number of phenols is 1. The van der Waals surface area contributed by atoms with Crippen LogP contribution in [-0.2, 0) is 0 Å². The second-order valence-corrected chi connectivity index (χ2v) is 6.22. The first-order valence-corrected chi connectivity index (χ1v) is 7.86. The smallest absolute Gasteiger partial charge is 0.254 e. The van der Waals surface area contributed by atoms with Gasteiger partial charge in [-0.05, 0) is 24.1 Å². The van der Waals surface area contributed by atoms with Crippen LogP contribution in [0.2, 0.25) is 0 Å². The van der Waals surface area contributed by atoms with Crippen molar-refractivity contribution in [2.24, 2.45) is 0 Å². The van der Waals surface area contributed by atoms with Gasteiger partial charge in [0, 0.05) is 10.6 Å². The number of thioether (sulfide) groups is 1. The minimum absolute atomic E-state index is 0.352. The van der Waals surface area contributed by atoms with Crippen LogP contribution >= 0.6 is 11.8 Å². The Balaban J connectivity index is 1.89. The number of amides is 1. The van der Waals surface area contributed by atoms with E-state index in [0.717, 1.165) is 16.2 Å². The minimum atomic E-state index is -1.71. The summed E-state index contributed by atoms with van der Waals surface area (Å²) < 4.78 is 40.2. The summed E-state index contributed by atoms with van der Waals surface area (Å²) in [6.07, 6.45) is 0.630. The second-order valence-electron chi connectivity index (χ2n) is 5.08. The van der Waals surface area contributed by atoms with E-state index >= 15 is 0 Å². The summed E-state index contributed by atoms with van der Waals surface area (Å²) in [5, 5.41) is 11.8. The SMILES string of the molecule is O=C(N[C@@H]1CCSc2ccccc21)c1cc(F)c(F)c(O)c1F. The Morgan fingerprint density at radius 2 is 1.96 bits per heavy atom. The van der Waals surface area contributed by atoms with Gasteiger partial charge in [-0.25, -0.2) is 8.78 Å². The van der Waals surface area contributed by atoms with Crippen LogP contribution in [0, 0.1) is 17.5 Å². The fourth-order valence-electron chi connectivity index (χ4n) is 2.48. The van der Waals surface area contributed by atoms with Gasteiger partial charge in [0.15, 0.2) is 17.4 Å². The molecule has 0 spiro atoms. The standard InChI is InChI=1S/C16H12F3NO2S/c17-10-7-9(13(18)15(21)14(10)19)16(22)20-11-5-6-23-12-4-2-1-3-8(11)12/h1-4,7,11,21H,5-6H2,(H,20,22)/t11-/m1/s1. The fraction of sp³-hybridized carbons (Fsp3) is 0.188. The Kier molecular flexibility index (Phi) is 4.21. The van der Waals surface area contributed by atoms with E-state index < -0.39 is 34.7 Å². The van der Waals surface area contributed by atoms with Crippen molar-refractivity contribution in [2.75, 3.05) is 5.75 Å². The first kappa shape index (κ1) is 15.7. The third kappa shape index (κ3) is 2.88. The van der Waals surface area contributed by atoms with Crippen LogP contribution in [0.25, 0.3) is 0 Å². The molecule has 1 atom stereocenters. The summed E-state index contributed by atoms with van der Waals surface area (Å²) in [5.74, 6) is -6.28. The number of aromatic hydroxyl groups is 1. The predicted octanol–water partition coefficient (Wildman–Crippen LogP) is 3.78. The van der Waals surface area contributed by atoms with Crippen LogP contribution in [0.5, 0.6) is 5.75 Å². The zero-order chi connectivity index (χ0) is 16.6. The molecule has 3 rings (SSSR count). The lowest BCUT2D eigenvalue weighted by molar-refractivity contribution is 0.0929. The van der Waals surface area contributed by atoms with E-state index in [0.29, 0.717) is 12.5 Å². The fourth-order valence-corrected chi connectivity index (χ4v) is 3.61. The van der Waals surface area contributed by atoms with Gasteiger partial charge in [-0.15, -0.1) is 11.8 Å². The maximum atomic E-state index is 13.8. The summed E-state index contributed by atoms with van der Waals surface area (Å²) in [5.41, 5.74) is 0.168. The van der Waals surface area contributed by atoms with Gasteiger partial charge in [0.05, 0.1) is 11.6 Å². The van der Waals surface area contributed by atoms with Gasteiger partial charge in [0.1, 0.15) is 0 Å². The minimum Gasteiger partial charge on any atom is -0.503 e. The molecule has 0 radical (unpaired) electrons. The number of nitrogens with one attached hydrogen (secondary N) is 1. The number of hydrogen-bond acceptors (Lipinski definition) is 3. The summed E-state index contributed by atoms with van der Waals surface area (Å²) in [4.78, 5) is 13.2. The third-order valence-corrected chi connectivity index (χ3v) is 4.76. The Hall–Kier alpha value is -2.15. The lowest BCUT2D eigenvalue weighted by Crippen LogP contribution is -2.31. The maximum Gasteiger partial charge on any atom is 0.254 e. The van der Waals surface area contributed by atoms with Gasteiger partial charge < -0.3 is 10.4 Å². The van der Waals surface area contributed by atoms with Crippen molar-refractivity contribution in [2.45, 2.75) is 17.4 Å². The van der Waals surface area contributed by atoms with E-state index in [1.54, 1.807) is 11.8 Å². The van der Waals surface area contributed by atoms with Crippen LogP contribution < -0.4 is 5.32 Å². The van der Waals surface area contributed by atoms with Crippen molar-refractivity contribution >= 4 is 17.7 Å². The summed E-state index contributed by atoms with van der Waals surface area (Å²) in [7, 11) is 0. The van der Waals surface area contributed by atoms with Crippen molar-refractivity contribution in [1.29, 1.82) is 0 Å². The number of benzene rings is 2. The molecule has 2 aromatic rings. The monoisotopic (exact) mass is 339 g/mol. The molecule has 0 unspecified atom stereocenters. The predicted molar refractivity (Wildman–Crippen MR) is 80.0 cm³/mol. The molecule has 0 aromatic heterocycles. The van der Waals surface area contributed by atoms with Crippen molar-refractivity contribution in [3.63, 3.8) is 0 Å². The highest BCUT2D eigenvalue weighted by atomic mass is 32.2. The normalized spacial score (nSPS) is 16.7. The van der Waals surface area contributed by atoms with Crippen LogP contribution in [0.3, 0.4) is 0 Å². The average molecular weight is 339 g/mol. The molecular formula is C16H12F3NO2S. The van der Waals surface area contributed by atoms with Crippen LogP contribution in [0.1, 0.15) is 28.4 Å². The number of carbonyl (C=O) groups is 1. The van der Waals surface area contributed by atoms with Crippen molar-refractivity contribution in [3.8, 4) is 5.75 Å². The Labute approximate surface area is 134 Å². The zero-order valence-corrected chi connectivity index (χ0v) is 12.6. The average Bonchev–Trinajstić information content (AvgIpc) is 2.56. The summed E-state index contributed by atoms with van der Waals surface area (Å²) in [6, 6.07) is 7.57. The van der Waals surface area contributed by atoms with Gasteiger partial charge in [-0.1, -0.05) is 18.2 Å². The largest absolute Gasteiger partial charge is 0.503 e. The van der Waals surface area contributed by atoms with E-state index in [-0.39, 0.29) is 6.04 Å². The molecule has 0 fully saturated rings. The molecule has 1 amide bonds. The quantitative estimate of drug-likeness (QED) is 0.819. The highest BCUT2D eigenvalue weighted by molar-refractivity contribution is 7.99. The zero-order valence-electron chi connectivity index (χ0n) is 11.8. The Morgan fingerprint density at radius 1 is 1.22 bits per heavy atom. The van der Waals surface area contributed by atoms with Gasteiger partial charge in [0.2, 0.25) is 5.82 Å². The van der Waals surface area contributed by atoms with Crippen LogP contribution in [0.4, 0.5) is 13.2 Å². The second kappa shape index (κ2) is 6.16. The highest BCUT2D eigenvalue weighted by Gasteiger charge is 2.26. The number of phenolic OH excluding ortho intramolecular Hbond substituents is 1. The van der Waals surface area contributed by atoms with E-state index in [1.807, 2.05) is 24.3 Å². The van der Waals surface area contributed by atoms with E-state index in [1.165, 1.54) is 0 Å². The van der Waals surface area contributed by atoms with E-state index in [2.05, 4.69) is 5.32 Å². The van der Waals surface area contributed by atoms with Crippen LogP contribution in [0.15, 0.2) is 35.2 Å². The lowest BCUT2D eigenvalue weighted by atomic mass is 10.0. The first-order valence-electron chi connectivity index (χ1n) is 6.88. The van der Waals surface area contributed by atoms with Gasteiger partial charge in [-0.2, -0.15) is 4.39 Å². The molecule has 2 aromatic carbocycles. The highest BCUT2D eigenvalue weighted by Crippen LogP contribution is 2.36. The van der Waals surface area contributed by atoms with Crippen molar-refractivity contribution in [1.82, 2.24) is 5.32 Å². The lowest BCUT2D eigenvalue weighted by Gasteiger charge is -2.26. The number of fused-ring (bicyclic) bond motifs is 1. The first-order chi connectivity index (χ1) is 11.0. The topological polar surface area (TPSA) is 49.3 Å². The molecule has 0 saturated heterocycles. The van der Waals surface area contributed by atoms with Crippen molar-refractivity contribution in [3.05, 3.63) is 58.9 Å². The molecule has 0 aliphatic carbocycles. The molecule has 3 nitrogen and oxygen atoms in total. The molecule has 0 bridgehead atoms. The third-order valence-electron chi connectivity index (χ3n) is 3.64. The molecule has 1 heterocycles. The number of rotatable bonds is 2. The summed E-state index contributed by atoms with van der Waals surface area (Å²) >= 11 is 1.65. The van der Waals surface area contributed by atoms with Gasteiger partial charge in [0.25, 0.3) is 5.91 Å². The van der Waals surface area contributed by atoms with Gasteiger partial charge in [-0.3, -0.25) is 4.79 Å². The number of halogens is 3. The molecule has 1 aliphatic rings. The van der Waals surface area contributed by atoms with Gasteiger partial charge >= 0.3 is 0 Å². The van der Waals surface area contributed by atoms with Crippen molar-refractivity contribution < 1.29 is 23.1 Å². The van der Waals surface area contributed by atoms with E-state index in [9.17, 15) is 23.1 Å². The number of carbonyl (C=O) groups excluding carboxylic acids is 1. The molecule has 23 heavy (non-hydrogen) atoms. The molecule has 120 valence electrons. The Bertz CT molecular complexity index is 782. The molecule has 2 N–H and O–H groups in total. The molecule has 7 heteroatoms. The molecule has 1 aliphatic heterocycles.